The van der Waals surface area contributed by atoms with E-state index in [1.807, 2.05) is 23.1 Å². The highest BCUT2D eigenvalue weighted by atomic mass is 35.5. The van der Waals surface area contributed by atoms with Gasteiger partial charge in [0, 0.05) is 35.9 Å². The maximum Gasteiger partial charge on any atom is 0.198 e. The molecule has 2 unspecified atom stereocenters. The number of nitrogens with one attached hydrogen (secondary N) is 1. The number of H-pyrrole nitrogens is 1. The molecule has 2 aliphatic rings. The van der Waals surface area contributed by atoms with Crippen LogP contribution >= 0.6 is 23.2 Å². The highest BCUT2D eigenvalue weighted by Crippen LogP contribution is 2.41. The molecule has 0 spiro atoms. The largest absolute Gasteiger partial charge is 0.357 e. The Bertz CT molecular complexity index is 1340. The van der Waals surface area contributed by atoms with Crippen molar-refractivity contribution >= 4 is 34.1 Å². The zero-order valence-electron chi connectivity index (χ0n) is 19.8. The lowest BCUT2D eigenvalue weighted by Gasteiger charge is -2.22. The topological polar surface area (TPSA) is 92.0 Å². The number of benzene rings is 1. The van der Waals surface area contributed by atoms with Crippen molar-refractivity contribution in [2.45, 2.75) is 57.6 Å². The van der Waals surface area contributed by atoms with Gasteiger partial charge in [-0.1, -0.05) is 29.3 Å². The van der Waals surface area contributed by atoms with Crippen molar-refractivity contribution in [1.82, 2.24) is 29.5 Å². The van der Waals surface area contributed by atoms with Gasteiger partial charge in [-0.25, -0.2) is 14.3 Å². The van der Waals surface area contributed by atoms with Crippen molar-refractivity contribution in [3.8, 4) is 22.6 Å². The molecule has 2 atom stereocenters. The zero-order valence-corrected chi connectivity index (χ0v) is 21.3. The molecule has 2 fully saturated rings. The van der Waals surface area contributed by atoms with Crippen molar-refractivity contribution in [2.75, 3.05) is 19.8 Å². The van der Waals surface area contributed by atoms with Crippen LogP contribution in [0.15, 0.2) is 30.9 Å². The summed E-state index contributed by atoms with van der Waals surface area (Å²) in [6.45, 7) is 2.59. The number of aromatic amines is 1. The summed E-state index contributed by atoms with van der Waals surface area (Å²) in [5.41, 5.74) is 3.35. The van der Waals surface area contributed by atoms with Gasteiger partial charge in [0.2, 0.25) is 0 Å². The second-order valence-electron chi connectivity index (χ2n) is 9.19. The number of ether oxygens (including phenoxy) is 3. The fourth-order valence-electron chi connectivity index (χ4n) is 4.87. The average molecular weight is 531 g/mol. The normalized spacial score (nSPS) is 20.8. The highest BCUT2D eigenvalue weighted by Gasteiger charge is 2.23. The number of hydrogen-bond acceptors (Lipinski definition) is 6. The molecule has 0 amide bonds. The Labute approximate surface area is 218 Å². The van der Waals surface area contributed by atoms with E-state index < -0.39 is 0 Å². The molecular weight excluding hydrogens is 503 g/mol. The minimum absolute atomic E-state index is 0.0512. The lowest BCUT2D eigenvalue weighted by Crippen LogP contribution is -2.24. The maximum atomic E-state index is 6.58. The SMILES string of the molecule is Clc1ccc2c(-c3cnn(C4CCCCO4)c3)c(-c3ncn(CCOC4CCCCO4)n3)[nH]c2c1Cl. The minimum Gasteiger partial charge on any atom is -0.357 e. The van der Waals surface area contributed by atoms with E-state index in [0.29, 0.717) is 29.0 Å². The van der Waals surface area contributed by atoms with Gasteiger partial charge in [0.15, 0.2) is 12.1 Å². The van der Waals surface area contributed by atoms with Crippen LogP contribution in [0.5, 0.6) is 0 Å². The minimum atomic E-state index is -0.126. The lowest BCUT2D eigenvalue weighted by atomic mass is 10.0. The predicted molar refractivity (Wildman–Crippen MR) is 137 cm³/mol. The van der Waals surface area contributed by atoms with Gasteiger partial charge >= 0.3 is 0 Å². The molecule has 3 aromatic heterocycles. The van der Waals surface area contributed by atoms with Crippen molar-refractivity contribution in [3.05, 3.63) is 40.9 Å². The van der Waals surface area contributed by atoms with E-state index in [1.54, 1.807) is 17.1 Å². The molecule has 11 heteroatoms. The summed E-state index contributed by atoms with van der Waals surface area (Å²) in [6.07, 6.45) is 11.7. The van der Waals surface area contributed by atoms with E-state index in [0.717, 1.165) is 79.5 Å². The zero-order chi connectivity index (χ0) is 24.5. The first-order valence-electron chi connectivity index (χ1n) is 12.5. The van der Waals surface area contributed by atoms with Crippen molar-refractivity contribution < 1.29 is 14.2 Å². The van der Waals surface area contributed by atoms with E-state index in [1.165, 1.54) is 0 Å². The molecule has 1 aromatic carbocycles. The molecule has 2 aliphatic heterocycles. The number of nitrogens with zero attached hydrogens (tertiary/aromatic N) is 5. The average Bonchev–Trinajstić information content (AvgIpc) is 3.66. The molecule has 0 bridgehead atoms. The van der Waals surface area contributed by atoms with Crippen LogP contribution in [-0.4, -0.2) is 55.6 Å². The van der Waals surface area contributed by atoms with Gasteiger partial charge in [0.05, 0.1) is 40.6 Å². The predicted octanol–water partition coefficient (Wildman–Crippen LogP) is 5.84. The molecule has 0 saturated carbocycles. The molecule has 5 heterocycles. The molecule has 2 saturated heterocycles. The third-order valence-corrected chi connectivity index (χ3v) is 7.53. The standard InChI is InChI=1S/C25H28Cl2N6O3/c26-18-8-7-17-21(16-13-29-33(14-16)19-5-1-3-10-34-19)24(30-23(17)22(18)27)25-28-15-32(31-25)9-12-36-20-6-2-4-11-35-20/h7-8,13-15,19-20,30H,1-6,9-12H2. The Morgan fingerprint density at radius 1 is 1.08 bits per heavy atom. The molecule has 0 radical (unpaired) electrons. The fraction of sp³-hybridized carbons (Fsp3) is 0.480. The van der Waals surface area contributed by atoms with Crippen LogP contribution in [0, 0.1) is 0 Å². The summed E-state index contributed by atoms with van der Waals surface area (Å²) >= 11 is 12.9. The van der Waals surface area contributed by atoms with Crippen molar-refractivity contribution in [3.63, 3.8) is 0 Å². The molecule has 1 N–H and O–H groups in total. The van der Waals surface area contributed by atoms with Crippen LogP contribution in [0.4, 0.5) is 0 Å². The lowest BCUT2D eigenvalue weighted by molar-refractivity contribution is -0.163. The summed E-state index contributed by atoms with van der Waals surface area (Å²) in [4.78, 5) is 8.01. The molecule has 6 rings (SSSR count). The van der Waals surface area contributed by atoms with Crippen molar-refractivity contribution in [2.24, 2.45) is 0 Å². The number of hydrogen-bond donors (Lipinski definition) is 1. The van der Waals surface area contributed by atoms with E-state index in [4.69, 9.17) is 42.5 Å². The quantitative estimate of drug-likeness (QED) is 0.322. The second kappa shape index (κ2) is 10.5. The smallest absolute Gasteiger partial charge is 0.198 e. The van der Waals surface area contributed by atoms with Crippen molar-refractivity contribution in [1.29, 1.82) is 0 Å². The van der Waals surface area contributed by atoms with Gasteiger partial charge in [-0.3, -0.25) is 0 Å². The number of aromatic nitrogens is 6. The third-order valence-electron chi connectivity index (χ3n) is 6.73. The number of halogens is 2. The summed E-state index contributed by atoms with van der Waals surface area (Å²) in [6, 6.07) is 3.76. The van der Waals surface area contributed by atoms with Gasteiger partial charge in [-0.15, -0.1) is 5.10 Å². The van der Waals surface area contributed by atoms with Gasteiger partial charge in [-0.2, -0.15) is 5.10 Å². The Kier molecular flexibility index (Phi) is 6.99. The van der Waals surface area contributed by atoms with Crippen LogP contribution < -0.4 is 0 Å². The Hall–Kier alpha value is -2.43. The van der Waals surface area contributed by atoms with Gasteiger partial charge in [0.25, 0.3) is 0 Å². The Balaban J connectivity index is 1.30. The Morgan fingerprint density at radius 2 is 1.94 bits per heavy atom. The van der Waals surface area contributed by atoms with E-state index >= 15 is 0 Å². The van der Waals surface area contributed by atoms with Crippen LogP contribution in [-0.2, 0) is 20.8 Å². The number of fused-ring (bicyclic) bond motifs is 1. The Morgan fingerprint density at radius 3 is 2.75 bits per heavy atom. The maximum absolute atomic E-state index is 6.58. The third kappa shape index (κ3) is 4.78. The molecule has 9 nitrogen and oxygen atoms in total. The molecule has 190 valence electrons. The fourth-order valence-corrected chi connectivity index (χ4v) is 5.23. The summed E-state index contributed by atoms with van der Waals surface area (Å²) in [5.74, 6) is 0.559. The first-order valence-corrected chi connectivity index (χ1v) is 13.2. The van der Waals surface area contributed by atoms with Gasteiger partial charge in [0.1, 0.15) is 12.6 Å². The molecule has 4 aromatic rings. The van der Waals surface area contributed by atoms with E-state index in [-0.39, 0.29) is 12.5 Å². The second-order valence-corrected chi connectivity index (χ2v) is 9.97. The van der Waals surface area contributed by atoms with Crippen LogP contribution in [0.2, 0.25) is 10.0 Å². The van der Waals surface area contributed by atoms with Crippen LogP contribution in [0.3, 0.4) is 0 Å². The summed E-state index contributed by atoms with van der Waals surface area (Å²) < 4.78 is 21.1. The monoisotopic (exact) mass is 530 g/mol. The van der Waals surface area contributed by atoms with Gasteiger partial charge in [-0.05, 0) is 44.6 Å². The molecule has 0 aliphatic carbocycles. The summed E-state index contributed by atoms with van der Waals surface area (Å²) in [7, 11) is 0. The first kappa shape index (κ1) is 23.9. The highest BCUT2D eigenvalue weighted by molar-refractivity contribution is 6.45. The van der Waals surface area contributed by atoms with Gasteiger partial charge < -0.3 is 19.2 Å². The molecule has 36 heavy (non-hydrogen) atoms. The van der Waals surface area contributed by atoms with E-state index in [9.17, 15) is 0 Å². The van der Waals surface area contributed by atoms with E-state index in [2.05, 4.69) is 15.1 Å². The molecular formula is C25H28Cl2N6O3. The number of rotatable bonds is 7. The summed E-state index contributed by atoms with van der Waals surface area (Å²) in [5, 5.41) is 11.2. The first-order chi connectivity index (χ1) is 17.7. The van der Waals surface area contributed by atoms with Crippen LogP contribution in [0.25, 0.3) is 33.5 Å². The van der Waals surface area contributed by atoms with Crippen LogP contribution in [0.1, 0.15) is 44.8 Å².